The van der Waals surface area contributed by atoms with Gasteiger partial charge in [0.1, 0.15) is 16.5 Å². The summed E-state index contributed by atoms with van der Waals surface area (Å²) in [6.07, 6.45) is 1.22. The number of nitrogens with one attached hydrogen (secondary N) is 1. The van der Waals surface area contributed by atoms with E-state index in [1.54, 1.807) is 0 Å². The van der Waals surface area contributed by atoms with Crippen LogP contribution in [-0.4, -0.2) is 45.4 Å². The Kier molecular flexibility index (Phi) is 6.40. The van der Waals surface area contributed by atoms with Crippen LogP contribution in [0.15, 0.2) is 23.1 Å². The molecule has 1 aromatic rings. The molecular formula is C17H25FN2O4S. The summed E-state index contributed by atoms with van der Waals surface area (Å²) in [6, 6.07) is 3.39. The first-order valence-corrected chi connectivity index (χ1v) is 9.81. The molecule has 2 rings (SSSR count). The molecule has 1 amide bonds. The molecule has 6 nitrogen and oxygen atoms in total. The second kappa shape index (κ2) is 8.14. The number of halogens is 1. The fraction of sp³-hybridized carbons (Fsp3) is 0.588. The van der Waals surface area contributed by atoms with Crippen molar-refractivity contribution in [2.45, 2.75) is 31.6 Å². The van der Waals surface area contributed by atoms with Gasteiger partial charge in [0, 0.05) is 19.6 Å². The zero-order valence-corrected chi connectivity index (χ0v) is 15.6. The van der Waals surface area contributed by atoms with Gasteiger partial charge in [0.2, 0.25) is 15.9 Å². The van der Waals surface area contributed by atoms with Crippen molar-refractivity contribution in [2.24, 2.45) is 11.8 Å². The molecule has 25 heavy (non-hydrogen) atoms. The quantitative estimate of drug-likeness (QED) is 0.829. The third-order valence-electron chi connectivity index (χ3n) is 4.18. The van der Waals surface area contributed by atoms with Crippen molar-refractivity contribution in [3.63, 3.8) is 0 Å². The lowest BCUT2D eigenvalue weighted by atomic mass is 9.98. The van der Waals surface area contributed by atoms with Gasteiger partial charge in [0.05, 0.1) is 13.0 Å². The summed E-state index contributed by atoms with van der Waals surface area (Å²) < 4.78 is 45.7. The molecule has 1 saturated heterocycles. The molecular weight excluding hydrogens is 347 g/mol. The number of carbonyl (C=O) groups excluding carboxylic acids is 1. The van der Waals surface area contributed by atoms with Gasteiger partial charge in [0.15, 0.2) is 0 Å². The van der Waals surface area contributed by atoms with Crippen LogP contribution in [-0.2, 0) is 14.8 Å². The summed E-state index contributed by atoms with van der Waals surface area (Å²) >= 11 is 0. The number of amides is 1. The summed E-state index contributed by atoms with van der Waals surface area (Å²) in [4.78, 5) is 12.1. The Morgan fingerprint density at radius 3 is 2.80 bits per heavy atom. The third-order valence-corrected chi connectivity index (χ3v) is 6.07. The minimum absolute atomic E-state index is 0.0892. The average Bonchev–Trinajstić information content (AvgIpc) is 2.59. The molecule has 0 aliphatic carbocycles. The van der Waals surface area contributed by atoms with Crippen molar-refractivity contribution in [1.82, 2.24) is 9.62 Å². The SMILES string of the molecule is COc1ccc(F)cc1S(=O)(=O)N1CCC[C@@H](C(=O)NCC(C)C)C1. The highest BCUT2D eigenvalue weighted by atomic mass is 32.2. The Morgan fingerprint density at radius 1 is 1.44 bits per heavy atom. The van der Waals surface area contributed by atoms with Gasteiger partial charge in [-0.1, -0.05) is 13.8 Å². The van der Waals surface area contributed by atoms with Gasteiger partial charge in [-0.2, -0.15) is 4.31 Å². The van der Waals surface area contributed by atoms with E-state index in [4.69, 9.17) is 4.74 Å². The number of ether oxygens (including phenoxy) is 1. The maximum Gasteiger partial charge on any atom is 0.246 e. The van der Waals surface area contributed by atoms with E-state index in [2.05, 4.69) is 5.32 Å². The van der Waals surface area contributed by atoms with Crippen LogP contribution in [0.4, 0.5) is 4.39 Å². The van der Waals surface area contributed by atoms with E-state index in [1.165, 1.54) is 17.5 Å². The van der Waals surface area contributed by atoms with Gasteiger partial charge in [-0.05, 0) is 37.0 Å². The zero-order chi connectivity index (χ0) is 18.6. The van der Waals surface area contributed by atoms with Crippen molar-refractivity contribution in [3.8, 4) is 5.75 Å². The predicted octanol–water partition coefficient (Wildman–Crippen LogP) is 2.01. The molecule has 1 atom stereocenters. The van der Waals surface area contributed by atoms with Crippen molar-refractivity contribution in [1.29, 1.82) is 0 Å². The number of methoxy groups -OCH3 is 1. The first kappa shape index (κ1) is 19.7. The second-order valence-electron chi connectivity index (χ2n) is 6.64. The van der Waals surface area contributed by atoms with E-state index in [0.717, 1.165) is 12.1 Å². The molecule has 1 heterocycles. The van der Waals surface area contributed by atoms with Crippen LogP contribution >= 0.6 is 0 Å². The Morgan fingerprint density at radius 2 is 2.16 bits per heavy atom. The van der Waals surface area contributed by atoms with E-state index < -0.39 is 21.8 Å². The summed E-state index contributed by atoms with van der Waals surface area (Å²) in [5.41, 5.74) is 0. The molecule has 0 unspecified atom stereocenters. The van der Waals surface area contributed by atoms with Crippen LogP contribution < -0.4 is 10.1 Å². The summed E-state index contributed by atoms with van der Waals surface area (Å²) in [5.74, 6) is -0.777. The topological polar surface area (TPSA) is 75.7 Å². The zero-order valence-electron chi connectivity index (χ0n) is 14.8. The lowest BCUT2D eigenvalue weighted by Crippen LogP contribution is -2.46. The number of rotatable bonds is 6. The fourth-order valence-corrected chi connectivity index (χ4v) is 4.51. The van der Waals surface area contributed by atoms with E-state index in [1.807, 2.05) is 13.8 Å². The molecule has 1 aliphatic heterocycles. The second-order valence-corrected chi connectivity index (χ2v) is 8.54. The Bertz CT molecular complexity index is 721. The lowest BCUT2D eigenvalue weighted by molar-refractivity contribution is -0.126. The molecule has 0 bridgehead atoms. The Balaban J connectivity index is 2.20. The summed E-state index contributed by atoms with van der Waals surface area (Å²) in [6.45, 7) is 4.93. The van der Waals surface area contributed by atoms with Crippen molar-refractivity contribution in [3.05, 3.63) is 24.0 Å². The standard InChI is InChI=1S/C17H25FN2O4S/c1-12(2)10-19-17(21)13-5-4-8-20(11-13)25(22,23)16-9-14(18)6-7-15(16)24-3/h6-7,9,12-13H,4-5,8,10-11H2,1-3H3,(H,19,21)/t13-/m1/s1. The number of hydrogen-bond donors (Lipinski definition) is 1. The molecule has 1 aliphatic rings. The number of nitrogens with zero attached hydrogens (tertiary/aromatic N) is 1. The largest absolute Gasteiger partial charge is 0.495 e. The average molecular weight is 372 g/mol. The van der Waals surface area contributed by atoms with E-state index in [0.29, 0.717) is 31.8 Å². The first-order chi connectivity index (χ1) is 11.8. The molecule has 1 fully saturated rings. The van der Waals surface area contributed by atoms with Gasteiger partial charge in [0.25, 0.3) is 0 Å². The molecule has 1 N–H and O–H groups in total. The first-order valence-electron chi connectivity index (χ1n) is 8.37. The smallest absolute Gasteiger partial charge is 0.246 e. The molecule has 0 saturated carbocycles. The summed E-state index contributed by atoms with van der Waals surface area (Å²) in [7, 11) is -2.60. The van der Waals surface area contributed by atoms with Gasteiger partial charge >= 0.3 is 0 Å². The van der Waals surface area contributed by atoms with E-state index in [-0.39, 0.29) is 23.1 Å². The van der Waals surface area contributed by atoms with Crippen LogP contribution in [0.1, 0.15) is 26.7 Å². The normalized spacial score (nSPS) is 19.0. The Labute approximate surface area is 148 Å². The van der Waals surface area contributed by atoms with Crippen molar-refractivity contribution >= 4 is 15.9 Å². The number of benzene rings is 1. The number of piperidine rings is 1. The molecule has 0 radical (unpaired) electrons. The van der Waals surface area contributed by atoms with Crippen molar-refractivity contribution < 1.29 is 22.3 Å². The minimum Gasteiger partial charge on any atom is -0.495 e. The maximum absolute atomic E-state index is 13.6. The minimum atomic E-state index is -3.94. The van der Waals surface area contributed by atoms with Crippen LogP contribution in [0, 0.1) is 17.7 Å². The molecule has 140 valence electrons. The Hall–Kier alpha value is -1.67. The maximum atomic E-state index is 13.6. The molecule has 1 aromatic carbocycles. The fourth-order valence-electron chi connectivity index (χ4n) is 2.81. The van der Waals surface area contributed by atoms with Crippen LogP contribution in [0.2, 0.25) is 0 Å². The molecule has 0 spiro atoms. The van der Waals surface area contributed by atoms with Gasteiger partial charge < -0.3 is 10.1 Å². The van der Waals surface area contributed by atoms with E-state index in [9.17, 15) is 17.6 Å². The molecule has 0 aromatic heterocycles. The monoisotopic (exact) mass is 372 g/mol. The van der Waals surface area contributed by atoms with Gasteiger partial charge in [-0.15, -0.1) is 0 Å². The lowest BCUT2D eigenvalue weighted by Gasteiger charge is -2.31. The van der Waals surface area contributed by atoms with Gasteiger partial charge in [-0.25, -0.2) is 12.8 Å². The number of carbonyl (C=O) groups is 1. The third kappa shape index (κ3) is 4.70. The highest BCUT2D eigenvalue weighted by Crippen LogP contribution is 2.30. The summed E-state index contributed by atoms with van der Waals surface area (Å²) in [5, 5.41) is 2.85. The highest BCUT2D eigenvalue weighted by Gasteiger charge is 2.35. The predicted molar refractivity (Wildman–Crippen MR) is 92.3 cm³/mol. The molecule has 8 heteroatoms. The highest BCUT2D eigenvalue weighted by molar-refractivity contribution is 7.89. The van der Waals surface area contributed by atoms with Crippen LogP contribution in [0.3, 0.4) is 0 Å². The number of hydrogen-bond acceptors (Lipinski definition) is 4. The van der Waals surface area contributed by atoms with Gasteiger partial charge in [-0.3, -0.25) is 4.79 Å². The number of sulfonamides is 1. The van der Waals surface area contributed by atoms with E-state index >= 15 is 0 Å². The van der Waals surface area contributed by atoms with Crippen LogP contribution in [0.25, 0.3) is 0 Å². The van der Waals surface area contributed by atoms with Crippen molar-refractivity contribution in [2.75, 3.05) is 26.7 Å². The van der Waals surface area contributed by atoms with Crippen LogP contribution in [0.5, 0.6) is 5.75 Å².